The summed E-state index contributed by atoms with van der Waals surface area (Å²) in [5.41, 5.74) is 0. The lowest BCUT2D eigenvalue weighted by Crippen LogP contribution is -2.46. The van der Waals surface area contributed by atoms with Gasteiger partial charge in [-0.2, -0.15) is 0 Å². The van der Waals surface area contributed by atoms with Crippen LogP contribution in [0.1, 0.15) is 19.3 Å². The molecule has 1 saturated heterocycles. The van der Waals surface area contributed by atoms with Crippen LogP contribution in [0.3, 0.4) is 0 Å². The minimum atomic E-state index is -0.294. The molecule has 2 rings (SSSR count). The number of halogens is 1. The van der Waals surface area contributed by atoms with Crippen LogP contribution >= 0.6 is 11.8 Å². The van der Waals surface area contributed by atoms with Crippen LogP contribution in [0.25, 0.3) is 0 Å². The van der Waals surface area contributed by atoms with E-state index in [4.69, 9.17) is 0 Å². The molecular formula is C14H18FNO2S. The fourth-order valence-corrected chi connectivity index (χ4v) is 3.13. The number of hydrogen-bond donors (Lipinski definition) is 1. The van der Waals surface area contributed by atoms with Crippen LogP contribution in [0.15, 0.2) is 29.2 Å². The largest absolute Gasteiger partial charge is 0.394 e. The molecule has 0 spiro atoms. The molecule has 1 aromatic rings. The molecule has 0 aliphatic carbocycles. The number of nitrogens with zero attached hydrogens (tertiary/aromatic N) is 1. The van der Waals surface area contributed by atoms with Gasteiger partial charge in [-0.25, -0.2) is 4.39 Å². The Balaban J connectivity index is 1.92. The van der Waals surface area contributed by atoms with Crippen LogP contribution in [0.5, 0.6) is 0 Å². The molecule has 104 valence electrons. The number of carbonyl (C=O) groups excluding carboxylic acids is 1. The van der Waals surface area contributed by atoms with Crippen LogP contribution < -0.4 is 0 Å². The summed E-state index contributed by atoms with van der Waals surface area (Å²) in [4.78, 5) is 14.4. The fraction of sp³-hybridized carbons (Fsp3) is 0.500. The number of aliphatic hydroxyl groups is 1. The summed E-state index contributed by atoms with van der Waals surface area (Å²) in [6, 6.07) is 6.39. The van der Waals surface area contributed by atoms with E-state index in [-0.39, 0.29) is 30.1 Å². The smallest absolute Gasteiger partial charge is 0.233 e. The third-order valence-corrected chi connectivity index (χ3v) is 4.38. The van der Waals surface area contributed by atoms with E-state index >= 15 is 0 Å². The molecule has 1 aliphatic heterocycles. The number of amides is 1. The Morgan fingerprint density at radius 2 is 2.21 bits per heavy atom. The van der Waals surface area contributed by atoms with E-state index in [1.54, 1.807) is 23.1 Å². The number of hydrogen-bond acceptors (Lipinski definition) is 3. The van der Waals surface area contributed by atoms with E-state index < -0.39 is 0 Å². The normalized spacial score (nSPS) is 19.5. The van der Waals surface area contributed by atoms with Gasteiger partial charge < -0.3 is 10.0 Å². The third-order valence-electron chi connectivity index (χ3n) is 3.35. The van der Waals surface area contributed by atoms with E-state index in [2.05, 4.69) is 0 Å². The highest BCUT2D eigenvalue weighted by Crippen LogP contribution is 2.23. The van der Waals surface area contributed by atoms with Gasteiger partial charge in [-0.1, -0.05) is 12.1 Å². The van der Waals surface area contributed by atoms with Gasteiger partial charge in [-0.15, -0.1) is 11.8 Å². The van der Waals surface area contributed by atoms with Crippen LogP contribution in [0.4, 0.5) is 4.39 Å². The third kappa shape index (κ3) is 3.70. The van der Waals surface area contributed by atoms with E-state index in [9.17, 15) is 14.3 Å². The van der Waals surface area contributed by atoms with E-state index in [1.807, 2.05) is 0 Å². The van der Waals surface area contributed by atoms with Crippen molar-refractivity contribution in [2.24, 2.45) is 0 Å². The lowest BCUT2D eigenvalue weighted by atomic mass is 10.0. The SMILES string of the molecule is O=C(CSc1ccccc1F)N1CCCCC1CO. The maximum atomic E-state index is 13.4. The van der Waals surface area contributed by atoms with Crippen molar-refractivity contribution >= 4 is 17.7 Å². The Labute approximate surface area is 116 Å². The standard InChI is InChI=1S/C14H18FNO2S/c15-12-6-1-2-7-13(12)19-10-14(18)16-8-4-3-5-11(16)9-17/h1-2,6-7,11,17H,3-5,8-10H2. The first-order chi connectivity index (χ1) is 9.22. The number of piperidine rings is 1. The summed E-state index contributed by atoms with van der Waals surface area (Å²) in [7, 11) is 0. The second-order valence-electron chi connectivity index (χ2n) is 4.64. The van der Waals surface area contributed by atoms with Crippen molar-refractivity contribution in [2.75, 3.05) is 18.9 Å². The zero-order valence-corrected chi connectivity index (χ0v) is 11.5. The number of aliphatic hydroxyl groups excluding tert-OH is 1. The molecule has 1 aromatic carbocycles. The Morgan fingerprint density at radius 3 is 2.95 bits per heavy atom. The highest BCUT2D eigenvalue weighted by atomic mass is 32.2. The van der Waals surface area contributed by atoms with Gasteiger partial charge in [0.1, 0.15) is 5.82 Å². The summed E-state index contributed by atoms with van der Waals surface area (Å²) >= 11 is 1.21. The molecule has 5 heteroatoms. The molecule has 0 saturated carbocycles. The lowest BCUT2D eigenvalue weighted by molar-refractivity contribution is -0.132. The number of rotatable bonds is 4. The van der Waals surface area contributed by atoms with Crippen molar-refractivity contribution in [2.45, 2.75) is 30.2 Å². The summed E-state index contributed by atoms with van der Waals surface area (Å²) in [5, 5.41) is 9.28. The minimum absolute atomic E-state index is 0.0100. The fourth-order valence-electron chi connectivity index (χ4n) is 2.30. The molecule has 1 N–H and O–H groups in total. The molecular weight excluding hydrogens is 265 g/mol. The number of benzene rings is 1. The van der Waals surface area contributed by atoms with Gasteiger partial charge in [0.15, 0.2) is 0 Å². The van der Waals surface area contributed by atoms with Gasteiger partial charge in [0, 0.05) is 11.4 Å². The van der Waals surface area contributed by atoms with E-state index in [0.717, 1.165) is 19.3 Å². The van der Waals surface area contributed by atoms with E-state index in [0.29, 0.717) is 11.4 Å². The van der Waals surface area contributed by atoms with Crippen LogP contribution in [-0.2, 0) is 4.79 Å². The van der Waals surface area contributed by atoms with Gasteiger partial charge in [0.2, 0.25) is 5.91 Å². The molecule has 0 radical (unpaired) electrons. The van der Waals surface area contributed by atoms with Gasteiger partial charge in [-0.05, 0) is 31.4 Å². The Kier molecular flexibility index (Phi) is 5.22. The van der Waals surface area contributed by atoms with Crippen molar-refractivity contribution in [1.29, 1.82) is 0 Å². The second kappa shape index (κ2) is 6.91. The molecule has 1 aliphatic rings. The monoisotopic (exact) mass is 283 g/mol. The minimum Gasteiger partial charge on any atom is -0.394 e. The molecule has 0 aromatic heterocycles. The van der Waals surface area contributed by atoms with Gasteiger partial charge in [0.25, 0.3) is 0 Å². The summed E-state index contributed by atoms with van der Waals surface area (Å²) in [6.07, 6.45) is 2.88. The highest BCUT2D eigenvalue weighted by Gasteiger charge is 2.25. The predicted octanol–water partition coefficient (Wildman–Crippen LogP) is 2.29. The predicted molar refractivity (Wildman–Crippen MR) is 73.6 cm³/mol. The molecule has 19 heavy (non-hydrogen) atoms. The van der Waals surface area contributed by atoms with Gasteiger partial charge in [-0.3, -0.25) is 4.79 Å². The Bertz CT molecular complexity index is 441. The summed E-state index contributed by atoms with van der Waals surface area (Å²) in [6.45, 7) is 0.706. The first-order valence-corrected chi connectivity index (χ1v) is 7.48. The van der Waals surface area contributed by atoms with Gasteiger partial charge >= 0.3 is 0 Å². The van der Waals surface area contributed by atoms with Crippen molar-refractivity contribution in [3.05, 3.63) is 30.1 Å². The van der Waals surface area contributed by atoms with Crippen LogP contribution in [0, 0.1) is 5.82 Å². The topological polar surface area (TPSA) is 40.5 Å². The number of carbonyl (C=O) groups is 1. The lowest BCUT2D eigenvalue weighted by Gasteiger charge is -2.34. The molecule has 1 fully saturated rings. The average molecular weight is 283 g/mol. The van der Waals surface area contributed by atoms with Crippen LogP contribution in [0.2, 0.25) is 0 Å². The maximum Gasteiger partial charge on any atom is 0.233 e. The quantitative estimate of drug-likeness (QED) is 0.862. The zero-order chi connectivity index (χ0) is 13.7. The Hall–Kier alpha value is -1.07. The molecule has 1 heterocycles. The zero-order valence-electron chi connectivity index (χ0n) is 10.7. The molecule has 1 atom stereocenters. The second-order valence-corrected chi connectivity index (χ2v) is 5.66. The maximum absolute atomic E-state index is 13.4. The number of thioether (sulfide) groups is 1. The van der Waals surface area contributed by atoms with Crippen molar-refractivity contribution < 1.29 is 14.3 Å². The first-order valence-electron chi connectivity index (χ1n) is 6.50. The highest BCUT2D eigenvalue weighted by molar-refractivity contribution is 8.00. The van der Waals surface area contributed by atoms with E-state index in [1.165, 1.54) is 17.8 Å². The molecule has 0 bridgehead atoms. The van der Waals surface area contributed by atoms with Crippen molar-refractivity contribution in [3.63, 3.8) is 0 Å². The number of likely N-dealkylation sites (tertiary alicyclic amines) is 1. The van der Waals surface area contributed by atoms with Crippen LogP contribution in [-0.4, -0.2) is 40.9 Å². The van der Waals surface area contributed by atoms with Crippen molar-refractivity contribution in [3.8, 4) is 0 Å². The van der Waals surface area contributed by atoms with Gasteiger partial charge in [0.05, 0.1) is 18.4 Å². The average Bonchev–Trinajstić information content (AvgIpc) is 2.46. The van der Waals surface area contributed by atoms with Crippen molar-refractivity contribution in [1.82, 2.24) is 4.90 Å². The molecule has 3 nitrogen and oxygen atoms in total. The Morgan fingerprint density at radius 1 is 1.42 bits per heavy atom. The summed E-state index contributed by atoms with van der Waals surface area (Å²) in [5.74, 6) is -0.0955. The summed E-state index contributed by atoms with van der Waals surface area (Å²) < 4.78 is 13.4. The first kappa shape index (κ1) is 14.3. The molecule has 1 amide bonds. The molecule has 1 unspecified atom stereocenters.